The largest absolute Gasteiger partial charge is 0.298 e. The van der Waals surface area contributed by atoms with Crippen molar-refractivity contribution in [3.8, 4) is 0 Å². The summed E-state index contributed by atoms with van der Waals surface area (Å²) >= 11 is 0. The molecule has 0 radical (unpaired) electrons. The van der Waals surface area contributed by atoms with Crippen LogP contribution in [0.5, 0.6) is 0 Å². The molecule has 19 heavy (non-hydrogen) atoms. The molecule has 1 nitrogen and oxygen atoms in total. The molecule has 4 atom stereocenters. The van der Waals surface area contributed by atoms with E-state index in [4.69, 9.17) is 0 Å². The lowest BCUT2D eigenvalue weighted by molar-refractivity contribution is 0.103. The van der Waals surface area contributed by atoms with Gasteiger partial charge in [-0.25, -0.2) is 0 Å². The third-order valence-corrected chi connectivity index (χ3v) is 6.46. The lowest BCUT2D eigenvalue weighted by atomic mass is 9.48. The fourth-order valence-corrected chi connectivity index (χ4v) is 5.13. The summed E-state index contributed by atoms with van der Waals surface area (Å²) in [6, 6.07) is 0. The molecule has 106 valence electrons. The number of fused-ring (bicyclic) bond motifs is 2. The Bertz CT molecular complexity index is 460. The lowest BCUT2D eigenvalue weighted by Gasteiger charge is -2.64. The molecule has 0 fully saturated rings. The van der Waals surface area contributed by atoms with Crippen molar-refractivity contribution in [3.05, 3.63) is 23.3 Å². The minimum atomic E-state index is 0.178. The summed E-state index contributed by atoms with van der Waals surface area (Å²) in [6.07, 6.45) is 11.4. The normalized spacial score (nSPS) is 48.6. The molecule has 1 heterocycles. The Morgan fingerprint density at radius 1 is 1.21 bits per heavy atom. The molecule has 1 N–H and O–H groups in total. The van der Waals surface area contributed by atoms with Gasteiger partial charge in [0.2, 0.25) is 0 Å². The maximum atomic E-state index is 4.02. The Labute approximate surface area is 118 Å². The highest BCUT2D eigenvalue weighted by Crippen LogP contribution is 2.61. The molecule has 4 unspecified atom stereocenters. The third kappa shape index (κ3) is 1.46. The quantitative estimate of drug-likeness (QED) is 0.715. The van der Waals surface area contributed by atoms with Crippen LogP contribution in [0.4, 0.5) is 0 Å². The molecule has 0 aromatic rings. The molecule has 1 aliphatic heterocycles. The van der Waals surface area contributed by atoms with Crippen molar-refractivity contribution < 1.29 is 0 Å². The first kappa shape index (κ1) is 13.4. The zero-order chi connectivity index (χ0) is 13.9. The van der Waals surface area contributed by atoms with Crippen LogP contribution in [-0.2, 0) is 0 Å². The van der Waals surface area contributed by atoms with Crippen LogP contribution in [0, 0.1) is 11.3 Å². The molecule has 0 saturated heterocycles. The van der Waals surface area contributed by atoms with Gasteiger partial charge in [-0.05, 0) is 51.9 Å². The van der Waals surface area contributed by atoms with E-state index in [1.54, 1.807) is 11.1 Å². The van der Waals surface area contributed by atoms with Crippen LogP contribution in [0.15, 0.2) is 23.3 Å². The van der Waals surface area contributed by atoms with Gasteiger partial charge in [0.05, 0.1) is 0 Å². The van der Waals surface area contributed by atoms with Crippen molar-refractivity contribution in [2.75, 3.05) is 0 Å². The first-order valence-corrected chi connectivity index (χ1v) is 8.16. The summed E-state index contributed by atoms with van der Waals surface area (Å²) in [6.45, 7) is 12.0. The summed E-state index contributed by atoms with van der Waals surface area (Å²) in [5, 5.41) is 4.02. The van der Waals surface area contributed by atoms with Crippen molar-refractivity contribution in [2.24, 2.45) is 11.3 Å². The molecule has 0 aromatic heterocycles. The van der Waals surface area contributed by atoms with Gasteiger partial charge in [-0.15, -0.1) is 0 Å². The molecule has 0 bridgehead atoms. The van der Waals surface area contributed by atoms with E-state index in [-0.39, 0.29) is 11.1 Å². The van der Waals surface area contributed by atoms with Crippen molar-refractivity contribution in [1.82, 2.24) is 5.32 Å². The highest BCUT2D eigenvalue weighted by molar-refractivity contribution is 5.51. The average molecular weight is 259 g/mol. The van der Waals surface area contributed by atoms with E-state index in [9.17, 15) is 0 Å². The lowest BCUT2D eigenvalue weighted by Crippen LogP contribution is -2.71. The van der Waals surface area contributed by atoms with Gasteiger partial charge in [0, 0.05) is 16.5 Å². The summed E-state index contributed by atoms with van der Waals surface area (Å²) in [7, 11) is 0. The van der Waals surface area contributed by atoms with Crippen LogP contribution in [0.3, 0.4) is 0 Å². The standard InChI is InChI=1S/C18H29N/c1-6-16(4)14-10-8-9-13(3)15(14)18(7-2)12-11-17(18,5)19-16/h11-13,19H,6-10H2,1-5H3. The van der Waals surface area contributed by atoms with Crippen LogP contribution >= 0.6 is 0 Å². The topological polar surface area (TPSA) is 12.0 Å². The molecule has 2 aliphatic carbocycles. The van der Waals surface area contributed by atoms with E-state index in [2.05, 4.69) is 52.1 Å². The molecule has 0 saturated carbocycles. The minimum Gasteiger partial charge on any atom is -0.298 e. The van der Waals surface area contributed by atoms with Crippen molar-refractivity contribution in [2.45, 2.75) is 77.8 Å². The molecule has 1 heteroatoms. The maximum absolute atomic E-state index is 4.02. The zero-order valence-corrected chi connectivity index (χ0v) is 13.3. The SMILES string of the molecule is CCC1(C)NC2(C)C=CC2(CC)C2=C1CCCC2C. The Morgan fingerprint density at radius 2 is 1.95 bits per heavy atom. The first-order valence-electron chi connectivity index (χ1n) is 8.16. The predicted octanol–water partition coefficient (Wildman–Crippen LogP) is 4.60. The number of hydrogen-bond acceptors (Lipinski definition) is 1. The van der Waals surface area contributed by atoms with Crippen molar-refractivity contribution in [3.63, 3.8) is 0 Å². The Hall–Kier alpha value is -0.560. The van der Waals surface area contributed by atoms with E-state index < -0.39 is 0 Å². The van der Waals surface area contributed by atoms with Crippen LogP contribution in [0.25, 0.3) is 0 Å². The molecular formula is C18H29N. The number of hydrogen-bond donors (Lipinski definition) is 1. The minimum absolute atomic E-state index is 0.178. The molecule has 3 rings (SSSR count). The molecule has 0 amide bonds. The van der Waals surface area contributed by atoms with Crippen LogP contribution in [0.1, 0.15) is 66.7 Å². The Kier molecular flexibility index (Phi) is 2.81. The van der Waals surface area contributed by atoms with Crippen LogP contribution in [-0.4, -0.2) is 11.1 Å². The van der Waals surface area contributed by atoms with E-state index in [0.29, 0.717) is 5.41 Å². The number of nitrogens with one attached hydrogen (secondary N) is 1. The van der Waals surface area contributed by atoms with Gasteiger partial charge >= 0.3 is 0 Å². The highest BCUT2D eigenvalue weighted by Gasteiger charge is 2.60. The predicted molar refractivity (Wildman–Crippen MR) is 82.1 cm³/mol. The second-order valence-electron chi connectivity index (χ2n) is 7.36. The summed E-state index contributed by atoms with van der Waals surface area (Å²) in [4.78, 5) is 0. The van der Waals surface area contributed by atoms with Crippen molar-refractivity contribution in [1.29, 1.82) is 0 Å². The fraction of sp³-hybridized carbons (Fsp3) is 0.778. The molecule has 0 spiro atoms. The van der Waals surface area contributed by atoms with E-state index in [1.165, 1.54) is 32.1 Å². The summed E-state index contributed by atoms with van der Waals surface area (Å²) in [5.41, 5.74) is 4.24. The smallest absolute Gasteiger partial charge is 0.0472 e. The van der Waals surface area contributed by atoms with E-state index in [1.807, 2.05) is 0 Å². The Balaban J connectivity index is 2.22. The Morgan fingerprint density at radius 3 is 2.47 bits per heavy atom. The molecule has 0 aromatic carbocycles. The molecule has 3 aliphatic rings. The van der Waals surface area contributed by atoms with Gasteiger partial charge in [0.25, 0.3) is 0 Å². The maximum Gasteiger partial charge on any atom is 0.0472 e. The fourth-order valence-electron chi connectivity index (χ4n) is 5.13. The molecular weight excluding hydrogens is 230 g/mol. The number of rotatable bonds is 2. The van der Waals surface area contributed by atoms with Gasteiger partial charge in [0.15, 0.2) is 0 Å². The summed E-state index contributed by atoms with van der Waals surface area (Å²) in [5.74, 6) is 0.765. The third-order valence-electron chi connectivity index (χ3n) is 6.46. The average Bonchev–Trinajstić information content (AvgIpc) is 2.39. The zero-order valence-electron chi connectivity index (χ0n) is 13.3. The van der Waals surface area contributed by atoms with Gasteiger partial charge < -0.3 is 0 Å². The van der Waals surface area contributed by atoms with E-state index >= 15 is 0 Å². The van der Waals surface area contributed by atoms with Crippen LogP contribution in [0.2, 0.25) is 0 Å². The van der Waals surface area contributed by atoms with Gasteiger partial charge in [-0.3, -0.25) is 5.32 Å². The second-order valence-corrected chi connectivity index (χ2v) is 7.36. The first-order chi connectivity index (χ1) is 8.92. The monoisotopic (exact) mass is 259 g/mol. The van der Waals surface area contributed by atoms with Gasteiger partial charge in [0.1, 0.15) is 0 Å². The summed E-state index contributed by atoms with van der Waals surface area (Å²) < 4.78 is 0. The van der Waals surface area contributed by atoms with Crippen molar-refractivity contribution >= 4 is 0 Å². The van der Waals surface area contributed by atoms with Gasteiger partial charge in [-0.1, -0.05) is 44.1 Å². The van der Waals surface area contributed by atoms with Gasteiger partial charge in [-0.2, -0.15) is 0 Å². The van der Waals surface area contributed by atoms with E-state index in [0.717, 1.165) is 5.92 Å². The second kappa shape index (κ2) is 3.97. The highest BCUT2D eigenvalue weighted by atomic mass is 15.1. The van der Waals surface area contributed by atoms with Crippen LogP contribution < -0.4 is 5.32 Å².